The molecule has 1 fully saturated rings. The first-order chi connectivity index (χ1) is 12.7. The summed E-state index contributed by atoms with van der Waals surface area (Å²) in [6.45, 7) is 1.71. The normalized spacial score (nSPS) is 16.9. The summed E-state index contributed by atoms with van der Waals surface area (Å²) in [5, 5.41) is -0.591. The first-order valence-electron chi connectivity index (χ1n) is 8.63. The number of Topliss-reactive ketones (excluding diaryl/α,β-unsaturated/α-hetero) is 1. The number of carbonyl (C=O) groups excluding carboxylic acids is 1. The predicted molar refractivity (Wildman–Crippen MR) is 102 cm³/mol. The molecule has 3 rings (SSSR count). The number of piperidine rings is 1. The van der Waals surface area contributed by atoms with E-state index >= 15 is 0 Å². The van der Waals surface area contributed by atoms with Gasteiger partial charge in [-0.2, -0.15) is 4.31 Å². The summed E-state index contributed by atoms with van der Waals surface area (Å²) in [6, 6.07) is 14.0. The van der Waals surface area contributed by atoms with Gasteiger partial charge in [0.05, 0.1) is 15.0 Å². The number of carbonyl (C=O) groups is 1. The average Bonchev–Trinajstić information content (AvgIpc) is 2.69. The van der Waals surface area contributed by atoms with Crippen LogP contribution in [0.3, 0.4) is 0 Å². The van der Waals surface area contributed by atoms with Crippen LogP contribution in [0.1, 0.15) is 30.1 Å². The van der Waals surface area contributed by atoms with Crippen molar-refractivity contribution in [2.75, 3.05) is 13.1 Å². The Balaban J connectivity index is 1.74. The fraction of sp³-hybridized carbons (Fsp3) is 0.316. The van der Waals surface area contributed by atoms with Gasteiger partial charge in [0.1, 0.15) is 0 Å². The number of ketones is 1. The van der Waals surface area contributed by atoms with Gasteiger partial charge in [-0.25, -0.2) is 16.8 Å². The van der Waals surface area contributed by atoms with E-state index in [9.17, 15) is 21.6 Å². The third-order valence-electron chi connectivity index (χ3n) is 4.81. The summed E-state index contributed by atoms with van der Waals surface area (Å²) in [7, 11) is -7.18. The molecule has 0 spiro atoms. The molecule has 0 bridgehead atoms. The molecule has 0 radical (unpaired) electrons. The molecule has 2 aromatic carbocycles. The number of hydrogen-bond acceptors (Lipinski definition) is 5. The van der Waals surface area contributed by atoms with Crippen molar-refractivity contribution in [1.82, 2.24) is 4.31 Å². The third-order valence-corrected chi connectivity index (χ3v) is 9.00. The Kier molecular flexibility index (Phi) is 5.50. The Morgan fingerprint density at radius 3 is 1.93 bits per heavy atom. The predicted octanol–water partition coefficient (Wildman–Crippen LogP) is 2.52. The molecule has 2 aromatic rings. The highest BCUT2D eigenvalue weighted by atomic mass is 32.2. The zero-order valence-electron chi connectivity index (χ0n) is 14.9. The average molecular weight is 408 g/mol. The van der Waals surface area contributed by atoms with Crippen LogP contribution in [0.2, 0.25) is 0 Å². The van der Waals surface area contributed by atoms with E-state index in [4.69, 9.17) is 0 Å². The molecule has 6 nitrogen and oxygen atoms in total. The zero-order chi connectivity index (χ0) is 19.7. The van der Waals surface area contributed by atoms with Gasteiger partial charge < -0.3 is 0 Å². The summed E-state index contributed by atoms with van der Waals surface area (Å²) < 4.78 is 52.3. The minimum absolute atomic E-state index is 0.108. The van der Waals surface area contributed by atoms with Crippen molar-refractivity contribution < 1.29 is 21.6 Å². The van der Waals surface area contributed by atoms with Crippen LogP contribution in [-0.4, -0.2) is 45.3 Å². The van der Waals surface area contributed by atoms with Gasteiger partial charge in [-0.05, 0) is 44.0 Å². The highest BCUT2D eigenvalue weighted by molar-refractivity contribution is 7.92. The van der Waals surface area contributed by atoms with E-state index in [2.05, 4.69) is 0 Å². The van der Waals surface area contributed by atoms with Gasteiger partial charge in [-0.3, -0.25) is 4.79 Å². The van der Waals surface area contributed by atoms with Crippen LogP contribution in [-0.2, 0) is 19.9 Å². The van der Waals surface area contributed by atoms with E-state index in [0.717, 1.165) is 0 Å². The van der Waals surface area contributed by atoms with Gasteiger partial charge in [-0.15, -0.1) is 0 Å². The van der Waals surface area contributed by atoms with Crippen LogP contribution in [0.5, 0.6) is 0 Å². The molecule has 0 saturated carbocycles. The number of nitrogens with zero attached hydrogens (tertiary/aromatic N) is 1. The first-order valence-corrected chi connectivity index (χ1v) is 11.6. The molecule has 0 N–H and O–H groups in total. The maximum Gasteiger partial charge on any atom is 0.243 e. The molecule has 1 heterocycles. The minimum Gasteiger partial charge on any atom is -0.295 e. The summed E-state index contributed by atoms with van der Waals surface area (Å²) >= 11 is 0. The molecule has 0 atom stereocenters. The Morgan fingerprint density at radius 1 is 0.852 bits per heavy atom. The van der Waals surface area contributed by atoms with Gasteiger partial charge in [0.15, 0.2) is 15.6 Å². The molecule has 0 aromatic heterocycles. The second kappa shape index (κ2) is 7.53. The lowest BCUT2D eigenvalue weighted by Gasteiger charge is -2.31. The van der Waals surface area contributed by atoms with E-state index < -0.39 is 25.1 Å². The highest BCUT2D eigenvalue weighted by Gasteiger charge is 2.35. The van der Waals surface area contributed by atoms with Gasteiger partial charge >= 0.3 is 0 Å². The fourth-order valence-electron chi connectivity index (χ4n) is 3.20. The summed E-state index contributed by atoms with van der Waals surface area (Å²) in [4.78, 5) is 11.7. The molecule has 0 aliphatic carbocycles. The lowest BCUT2D eigenvalue weighted by molar-refractivity contribution is 0.101. The van der Waals surface area contributed by atoms with E-state index in [1.54, 1.807) is 30.3 Å². The molecular formula is C19H21NO5S2. The Morgan fingerprint density at radius 2 is 1.41 bits per heavy atom. The van der Waals surface area contributed by atoms with Gasteiger partial charge in [-0.1, -0.05) is 30.3 Å². The Bertz CT molecular complexity index is 1020. The van der Waals surface area contributed by atoms with Gasteiger partial charge in [0.25, 0.3) is 0 Å². The summed E-state index contributed by atoms with van der Waals surface area (Å²) in [5.74, 6) is -0.133. The summed E-state index contributed by atoms with van der Waals surface area (Å²) in [6.07, 6.45) is 0.504. The monoisotopic (exact) mass is 407 g/mol. The van der Waals surface area contributed by atoms with E-state index in [1.807, 2.05) is 0 Å². The lowest BCUT2D eigenvalue weighted by atomic mass is 10.2. The second-order valence-corrected chi connectivity index (χ2v) is 10.7. The second-order valence-electron chi connectivity index (χ2n) is 6.54. The van der Waals surface area contributed by atoms with E-state index in [1.165, 1.54) is 35.5 Å². The molecule has 0 amide bonds. The molecule has 0 unspecified atom stereocenters. The molecular weight excluding hydrogens is 386 g/mol. The molecule has 8 heteroatoms. The maximum absolute atomic E-state index is 12.8. The molecule has 144 valence electrons. The van der Waals surface area contributed by atoms with Crippen LogP contribution in [0.4, 0.5) is 0 Å². The maximum atomic E-state index is 12.8. The zero-order valence-corrected chi connectivity index (χ0v) is 16.5. The third kappa shape index (κ3) is 3.97. The molecule has 1 saturated heterocycles. The smallest absolute Gasteiger partial charge is 0.243 e. The molecule has 27 heavy (non-hydrogen) atoms. The SMILES string of the molecule is CC(=O)c1ccc(S(=O)(=O)N2CCC(S(=O)(=O)c3ccccc3)CC2)cc1. The minimum atomic E-state index is -3.71. The highest BCUT2D eigenvalue weighted by Crippen LogP contribution is 2.27. The van der Waals surface area contributed by atoms with Crippen molar-refractivity contribution in [2.24, 2.45) is 0 Å². The topological polar surface area (TPSA) is 88.6 Å². The number of rotatable bonds is 5. The van der Waals surface area contributed by atoms with Crippen molar-refractivity contribution in [2.45, 2.75) is 34.8 Å². The van der Waals surface area contributed by atoms with Crippen LogP contribution in [0.15, 0.2) is 64.4 Å². The summed E-state index contributed by atoms with van der Waals surface area (Å²) in [5.41, 5.74) is 0.446. The van der Waals surface area contributed by atoms with Gasteiger partial charge in [0.2, 0.25) is 10.0 Å². The number of sulfonamides is 1. The van der Waals surface area contributed by atoms with Crippen molar-refractivity contribution in [3.8, 4) is 0 Å². The lowest BCUT2D eigenvalue weighted by Crippen LogP contribution is -2.42. The van der Waals surface area contributed by atoms with E-state index in [-0.39, 0.29) is 41.5 Å². The number of benzene rings is 2. The van der Waals surface area contributed by atoms with Crippen molar-refractivity contribution in [3.63, 3.8) is 0 Å². The van der Waals surface area contributed by atoms with Crippen LogP contribution >= 0.6 is 0 Å². The van der Waals surface area contributed by atoms with Crippen molar-refractivity contribution >= 4 is 25.6 Å². The van der Waals surface area contributed by atoms with Gasteiger partial charge in [0, 0.05) is 18.7 Å². The molecule has 1 aliphatic heterocycles. The van der Waals surface area contributed by atoms with Crippen LogP contribution in [0, 0.1) is 0 Å². The number of hydrogen-bond donors (Lipinski definition) is 0. The van der Waals surface area contributed by atoms with Crippen molar-refractivity contribution in [1.29, 1.82) is 0 Å². The Labute approximate surface area is 159 Å². The standard InChI is InChI=1S/C19H21NO5S2/c1-15(21)16-7-9-19(10-8-16)27(24,25)20-13-11-18(12-14-20)26(22,23)17-5-3-2-4-6-17/h2-10,18H,11-14H2,1H3. The van der Waals surface area contributed by atoms with Crippen LogP contribution < -0.4 is 0 Å². The first kappa shape index (κ1) is 19.7. The number of sulfone groups is 1. The van der Waals surface area contributed by atoms with Crippen molar-refractivity contribution in [3.05, 3.63) is 60.2 Å². The largest absolute Gasteiger partial charge is 0.295 e. The van der Waals surface area contributed by atoms with Crippen LogP contribution in [0.25, 0.3) is 0 Å². The Hall–Kier alpha value is -2.03. The quantitative estimate of drug-likeness (QED) is 0.711. The van der Waals surface area contributed by atoms with E-state index in [0.29, 0.717) is 5.56 Å². The molecule has 1 aliphatic rings. The fourth-order valence-corrected chi connectivity index (χ4v) is 6.42.